The van der Waals surface area contributed by atoms with Gasteiger partial charge in [-0.05, 0) is 31.4 Å². The van der Waals surface area contributed by atoms with Crippen molar-refractivity contribution in [2.75, 3.05) is 31.6 Å². The van der Waals surface area contributed by atoms with Crippen LogP contribution in [0.2, 0.25) is 5.02 Å². The largest absolute Gasteiger partial charge is 0.396 e. The lowest BCUT2D eigenvalue weighted by Gasteiger charge is -2.32. The number of aliphatic hydroxyl groups excluding tert-OH is 1. The number of hydrogen-bond acceptors (Lipinski definition) is 4. The van der Waals surface area contributed by atoms with E-state index in [1.54, 1.807) is 30.5 Å². The van der Waals surface area contributed by atoms with E-state index >= 15 is 0 Å². The van der Waals surface area contributed by atoms with Crippen molar-refractivity contribution in [1.29, 1.82) is 0 Å². The van der Waals surface area contributed by atoms with E-state index < -0.39 is 0 Å². The molecule has 134 valence electrons. The predicted molar refractivity (Wildman–Crippen MR) is 98.0 cm³/mol. The molecule has 3 rings (SSSR count). The van der Waals surface area contributed by atoms with Gasteiger partial charge in [-0.1, -0.05) is 23.7 Å². The van der Waals surface area contributed by atoms with Crippen LogP contribution in [0.3, 0.4) is 0 Å². The fourth-order valence-corrected chi connectivity index (χ4v) is 3.44. The van der Waals surface area contributed by atoms with Gasteiger partial charge >= 0.3 is 0 Å². The van der Waals surface area contributed by atoms with Gasteiger partial charge < -0.3 is 15.3 Å². The predicted octanol–water partition coefficient (Wildman–Crippen LogP) is 2.81. The second-order valence-electron chi connectivity index (χ2n) is 6.24. The maximum atomic E-state index is 12.5. The molecular weight excluding hydrogens is 340 g/mol. The zero-order valence-corrected chi connectivity index (χ0v) is 14.8. The van der Waals surface area contributed by atoms with Crippen molar-refractivity contribution in [3.05, 3.63) is 47.1 Å². The van der Waals surface area contributed by atoms with Crippen LogP contribution >= 0.6 is 11.6 Å². The molecule has 1 amide bonds. The molecule has 6 nitrogen and oxygen atoms in total. The normalized spacial score (nSPS) is 16.1. The number of carbonyl (C=O) groups excluding carboxylic acids is 1. The minimum Gasteiger partial charge on any atom is -0.396 e. The van der Waals surface area contributed by atoms with Crippen molar-refractivity contribution in [3.8, 4) is 0 Å². The first-order chi connectivity index (χ1) is 12.2. The standard InChI is InChI=1S/C18H23ClN4O2/c19-16-5-2-1-4-15(16)18(25)21-17-6-9-20-23(17)14-7-11-22(12-8-14)10-3-13-24/h1-2,4-6,9,14,24H,3,7-8,10-13H2,(H,21,25). The third-order valence-electron chi connectivity index (χ3n) is 4.57. The molecule has 2 N–H and O–H groups in total. The van der Waals surface area contributed by atoms with E-state index in [-0.39, 0.29) is 18.6 Å². The number of piperidine rings is 1. The molecular formula is C18H23ClN4O2. The first-order valence-corrected chi connectivity index (χ1v) is 8.99. The lowest BCUT2D eigenvalue weighted by molar-refractivity contribution is 0.102. The van der Waals surface area contributed by atoms with E-state index in [0.717, 1.165) is 38.9 Å². The monoisotopic (exact) mass is 362 g/mol. The third kappa shape index (κ3) is 4.39. The highest BCUT2D eigenvalue weighted by Crippen LogP contribution is 2.26. The van der Waals surface area contributed by atoms with Gasteiger partial charge in [0.25, 0.3) is 5.91 Å². The maximum absolute atomic E-state index is 12.5. The number of amides is 1. The smallest absolute Gasteiger partial charge is 0.258 e. The van der Waals surface area contributed by atoms with E-state index in [1.165, 1.54) is 0 Å². The van der Waals surface area contributed by atoms with Gasteiger partial charge in [-0.25, -0.2) is 4.68 Å². The number of anilines is 1. The van der Waals surface area contributed by atoms with Gasteiger partial charge in [0.2, 0.25) is 0 Å². The minimum absolute atomic E-state index is 0.229. The molecule has 1 aromatic carbocycles. The van der Waals surface area contributed by atoms with Gasteiger partial charge in [0.1, 0.15) is 5.82 Å². The average Bonchev–Trinajstić information content (AvgIpc) is 3.08. The fraction of sp³-hybridized carbons (Fsp3) is 0.444. The Balaban J connectivity index is 1.64. The van der Waals surface area contributed by atoms with Crippen molar-refractivity contribution in [1.82, 2.24) is 14.7 Å². The Kier molecular flexibility index (Phi) is 6.07. The van der Waals surface area contributed by atoms with Crippen LogP contribution < -0.4 is 5.32 Å². The van der Waals surface area contributed by atoms with Crippen molar-refractivity contribution in [2.24, 2.45) is 0 Å². The molecule has 0 bridgehead atoms. The second kappa shape index (κ2) is 8.47. The Morgan fingerprint density at radius 3 is 2.76 bits per heavy atom. The number of halogens is 1. The molecule has 1 saturated heterocycles. The Labute approximate surface area is 152 Å². The van der Waals surface area contributed by atoms with Crippen molar-refractivity contribution >= 4 is 23.3 Å². The summed E-state index contributed by atoms with van der Waals surface area (Å²) >= 11 is 6.10. The molecule has 0 unspecified atom stereocenters. The molecule has 0 aliphatic carbocycles. The summed E-state index contributed by atoms with van der Waals surface area (Å²) < 4.78 is 1.90. The maximum Gasteiger partial charge on any atom is 0.258 e. The first kappa shape index (κ1) is 17.9. The van der Waals surface area contributed by atoms with E-state index in [1.807, 2.05) is 10.7 Å². The molecule has 0 atom stereocenters. The SMILES string of the molecule is O=C(Nc1ccnn1C1CCN(CCCO)CC1)c1ccccc1Cl. The van der Waals surface area contributed by atoms with Gasteiger partial charge in [0.05, 0.1) is 22.8 Å². The molecule has 0 saturated carbocycles. The molecule has 7 heteroatoms. The zero-order chi connectivity index (χ0) is 17.6. The van der Waals surface area contributed by atoms with Crippen LogP contribution in [0.25, 0.3) is 0 Å². The molecule has 25 heavy (non-hydrogen) atoms. The highest BCUT2D eigenvalue weighted by molar-refractivity contribution is 6.34. The van der Waals surface area contributed by atoms with Gasteiger partial charge in [0.15, 0.2) is 0 Å². The molecule has 0 spiro atoms. The number of carbonyl (C=O) groups is 1. The lowest BCUT2D eigenvalue weighted by Crippen LogP contribution is -2.36. The van der Waals surface area contributed by atoms with Crippen molar-refractivity contribution in [3.63, 3.8) is 0 Å². The van der Waals surface area contributed by atoms with Gasteiger partial charge in [-0.3, -0.25) is 4.79 Å². The van der Waals surface area contributed by atoms with Crippen LogP contribution in [0, 0.1) is 0 Å². The second-order valence-corrected chi connectivity index (χ2v) is 6.65. The molecule has 1 aliphatic heterocycles. The summed E-state index contributed by atoms with van der Waals surface area (Å²) in [5.74, 6) is 0.464. The van der Waals surface area contributed by atoms with Crippen LogP contribution in [0.1, 0.15) is 35.7 Å². The Hall–Kier alpha value is -1.89. The van der Waals surface area contributed by atoms with Crippen molar-refractivity contribution in [2.45, 2.75) is 25.3 Å². The number of rotatable bonds is 6. The number of nitrogens with one attached hydrogen (secondary N) is 1. The summed E-state index contributed by atoms with van der Waals surface area (Å²) in [7, 11) is 0. The summed E-state index contributed by atoms with van der Waals surface area (Å²) in [4.78, 5) is 14.8. The highest BCUT2D eigenvalue weighted by Gasteiger charge is 2.23. The van der Waals surface area contributed by atoms with Gasteiger partial charge in [-0.15, -0.1) is 0 Å². The van der Waals surface area contributed by atoms with Crippen LogP contribution in [0.15, 0.2) is 36.5 Å². The van der Waals surface area contributed by atoms with Crippen molar-refractivity contribution < 1.29 is 9.90 Å². The van der Waals surface area contributed by atoms with E-state index in [2.05, 4.69) is 15.3 Å². The Morgan fingerprint density at radius 2 is 2.04 bits per heavy atom. The summed E-state index contributed by atoms with van der Waals surface area (Å²) in [6, 6.07) is 9.08. The van der Waals surface area contributed by atoms with Crippen LogP contribution in [0.4, 0.5) is 5.82 Å². The minimum atomic E-state index is -0.229. The Morgan fingerprint density at radius 1 is 1.28 bits per heavy atom. The molecule has 1 aromatic heterocycles. The zero-order valence-electron chi connectivity index (χ0n) is 14.1. The molecule has 2 heterocycles. The van der Waals surface area contributed by atoms with E-state index in [4.69, 9.17) is 16.7 Å². The number of aromatic nitrogens is 2. The van der Waals surface area contributed by atoms with Gasteiger partial charge in [0, 0.05) is 32.3 Å². The number of hydrogen-bond donors (Lipinski definition) is 2. The summed E-state index contributed by atoms with van der Waals surface area (Å²) in [5, 5.41) is 16.7. The van der Waals surface area contributed by atoms with Gasteiger partial charge in [-0.2, -0.15) is 5.10 Å². The van der Waals surface area contributed by atoms with Crippen LogP contribution in [0.5, 0.6) is 0 Å². The number of likely N-dealkylation sites (tertiary alicyclic amines) is 1. The van der Waals surface area contributed by atoms with Crippen LogP contribution in [-0.4, -0.2) is 51.9 Å². The fourth-order valence-electron chi connectivity index (χ4n) is 3.22. The molecule has 0 radical (unpaired) electrons. The quantitative estimate of drug-likeness (QED) is 0.829. The lowest BCUT2D eigenvalue weighted by atomic mass is 10.1. The number of benzene rings is 1. The topological polar surface area (TPSA) is 70.4 Å². The van der Waals surface area contributed by atoms with E-state index in [9.17, 15) is 4.79 Å². The Bertz CT molecular complexity index is 711. The average molecular weight is 363 g/mol. The summed E-state index contributed by atoms with van der Waals surface area (Å²) in [5.41, 5.74) is 0.454. The molecule has 1 fully saturated rings. The highest BCUT2D eigenvalue weighted by atomic mass is 35.5. The number of nitrogens with zero attached hydrogens (tertiary/aromatic N) is 3. The number of aliphatic hydroxyl groups is 1. The van der Waals surface area contributed by atoms with Crippen LogP contribution in [-0.2, 0) is 0 Å². The first-order valence-electron chi connectivity index (χ1n) is 8.61. The summed E-state index contributed by atoms with van der Waals surface area (Å²) in [6.45, 7) is 3.11. The summed E-state index contributed by atoms with van der Waals surface area (Å²) in [6.07, 6.45) is 4.47. The van der Waals surface area contributed by atoms with E-state index in [0.29, 0.717) is 16.4 Å². The third-order valence-corrected chi connectivity index (χ3v) is 4.90. The molecule has 1 aliphatic rings. The molecule has 2 aromatic rings.